The molecule has 0 spiro atoms. The maximum Gasteiger partial charge on any atom is 0.123 e. The number of ether oxygens (including phenoxy) is 1. The average Bonchev–Trinajstić information content (AvgIpc) is 2.36. The lowest BCUT2D eigenvalue weighted by atomic mass is 10.0. The number of hydrogen-bond donors (Lipinski definition) is 1. The molecule has 0 aliphatic carbocycles. The van der Waals surface area contributed by atoms with Crippen LogP contribution in [0.5, 0.6) is 5.75 Å². The number of hydrogen-bond acceptors (Lipinski definition) is 2. The van der Waals surface area contributed by atoms with E-state index < -0.39 is 0 Å². The van der Waals surface area contributed by atoms with Crippen molar-refractivity contribution in [1.82, 2.24) is 5.32 Å². The summed E-state index contributed by atoms with van der Waals surface area (Å²) in [5.74, 6) is 2.12. The summed E-state index contributed by atoms with van der Waals surface area (Å²) < 4.78 is 5.92. The first-order chi connectivity index (χ1) is 9.41. The third-order valence-corrected chi connectivity index (χ3v) is 3.76. The number of halogens is 1. The molecule has 0 atom stereocenters. The molecule has 0 bridgehead atoms. The van der Waals surface area contributed by atoms with Gasteiger partial charge in [-0.15, -0.1) is 0 Å². The fourth-order valence-electron chi connectivity index (χ4n) is 2.00. The van der Waals surface area contributed by atoms with E-state index in [1.807, 2.05) is 19.1 Å². The lowest BCUT2D eigenvalue weighted by molar-refractivity contribution is 0.308. The summed E-state index contributed by atoms with van der Waals surface area (Å²) in [6.07, 6.45) is 1.21. The molecule has 0 radical (unpaired) electrons. The molecule has 1 rings (SSSR count). The van der Waals surface area contributed by atoms with Crippen molar-refractivity contribution in [3.63, 3.8) is 0 Å². The van der Waals surface area contributed by atoms with E-state index >= 15 is 0 Å². The van der Waals surface area contributed by atoms with E-state index in [9.17, 15) is 0 Å². The third kappa shape index (κ3) is 5.72. The maximum atomic E-state index is 6.19. The van der Waals surface area contributed by atoms with E-state index in [2.05, 4.69) is 33.0 Å². The summed E-state index contributed by atoms with van der Waals surface area (Å²) >= 11 is 6.19. The van der Waals surface area contributed by atoms with Gasteiger partial charge in [-0.25, -0.2) is 0 Å². The second-order valence-electron chi connectivity index (χ2n) is 6.07. The van der Waals surface area contributed by atoms with Gasteiger partial charge in [-0.05, 0) is 55.0 Å². The Labute approximate surface area is 128 Å². The van der Waals surface area contributed by atoms with Crippen LogP contribution in [0.25, 0.3) is 0 Å². The summed E-state index contributed by atoms with van der Waals surface area (Å²) in [6.45, 7) is 13.4. The van der Waals surface area contributed by atoms with Crippen molar-refractivity contribution in [1.29, 1.82) is 0 Å². The van der Waals surface area contributed by atoms with Gasteiger partial charge in [0.05, 0.1) is 0 Å². The van der Waals surface area contributed by atoms with Crippen molar-refractivity contribution >= 4 is 11.6 Å². The highest BCUT2D eigenvalue weighted by Crippen LogP contribution is 2.31. The Balaban J connectivity index is 2.49. The van der Waals surface area contributed by atoms with Crippen molar-refractivity contribution in [2.75, 3.05) is 19.7 Å². The van der Waals surface area contributed by atoms with Crippen LogP contribution in [0.1, 0.15) is 51.2 Å². The predicted molar refractivity (Wildman–Crippen MR) is 88.1 cm³/mol. The third-order valence-electron chi connectivity index (χ3n) is 3.35. The number of rotatable bonds is 8. The van der Waals surface area contributed by atoms with Crippen LogP contribution >= 0.6 is 11.6 Å². The first-order valence-corrected chi connectivity index (χ1v) is 7.93. The molecule has 0 aliphatic rings. The fourth-order valence-corrected chi connectivity index (χ4v) is 2.17. The van der Waals surface area contributed by atoms with E-state index in [1.165, 1.54) is 12.0 Å². The van der Waals surface area contributed by atoms with Crippen LogP contribution in [0.3, 0.4) is 0 Å². The quantitative estimate of drug-likeness (QED) is 0.697. The molecule has 2 nitrogen and oxygen atoms in total. The molecule has 1 aromatic carbocycles. The van der Waals surface area contributed by atoms with Crippen molar-refractivity contribution in [3.8, 4) is 5.75 Å². The van der Waals surface area contributed by atoms with Crippen LogP contribution in [0, 0.1) is 12.8 Å². The molecular formula is C17H28ClNO. The lowest BCUT2D eigenvalue weighted by Gasteiger charge is -2.16. The summed E-state index contributed by atoms with van der Waals surface area (Å²) in [4.78, 5) is 0. The molecule has 3 heteroatoms. The van der Waals surface area contributed by atoms with Crippen molar-refractivity contribution in [2.45, 2.75) is 47.0 Å². The van der Waals surface area contributed by atoms with Gasteiger partial charge in [0.2, 0.25) is 0 Å². The predicted octanol–water partition coefficient (Wildman–Crippen LogP) is 4.79. The number of benzene rings is 1. The van der Waals surface area contributed by atoms with E-state index in [0.29, 0.717) is 12.5 Å². The Morgan fingerprint density at radius 2 is 1.85 bits per heavy atom. The molecule has 20 heavy (non-hydrogen) atoms. The summed E-state index contributed by atoms with van der Waals surface area (Å²) in [6, 6.07) is 4.08. The molecule has 1 N–H and O–H groups in total. The number of nitrogens with one attached hydrogen (secondary N) is 1. The molecular weight excluding hydrogens is 270 g/mol. The SMILES string of the molecule is Cc1cc(OCCNCCC(C)C)c(C(C)C)cc1Cl. The van der Waals surface area contributed by atoms with E-state index in [1.54, 1.807) is 0 Å². The van der Waals surface area contributed by atoms with Gasteiger partial charge in [0.1, 0.15) is 12.4 Å². The van der Waals surface area contributed by atoms with E-state index in [-0.39, 0.29) is 0 Å². The van der Waals surface area contributed by atoms with Gasteiger partial charge < -0.3 is 10.1 Å². The molecule has 0 unspecified atom stereocenters. The van der Waals surface area contributed by atoms with E-state index in [4.69, 9.17) is 16.3 Å². The minimum atomic E-state index is 0.414. The Kier molecular flexibility index (Phi) is 7.39. The van der Waals surface area contributed by atoms with Crippen molar-refractivity contribution < 1.29 is 4.74 Å². The second-order valence-corrected chi connectivity index (χ2v) is 6.48. The van der Waals surface area contributed by atoms with Gasteiger partial charge in [-0.2, -0.15) is 0 Å². The molecule has 0 amide bonds. The number of aryl methyl sites for hydroxylation is 1. The van der Waals surface area contributed by atoms with Gasteiger partial charge in [0, 0.05) is 11.6 Å². The lowest BCUT2D eigenvalue weighted by Crippen LogP contribution is -2.23. The summed E-state index contributed by atoms with van der Waals surface area (Å²) in [5.41, 5.74) is 2.25. The molecule has 0 fully saturated rings. The first-order valence-electron chi connectivity index (χ1n) is 7.55. The fraction of sp³-hybridized carbons (Fsp3) is 0.647. The van der Waals surface area contributed by atoms with Crippen LogP contribution in [0.15, 0.2) is 12.1 Å². The normalized spacial score (nSPS) is 11.4. The first kappa shape index (κ1) is 17.3. The van der Waals surface area contributed by atoms with E-state index in [0.717, 1.165) is 35.3 Å². The van der Waals surface area contributed by atoms with Crippen LogP contribution in [-0.4, -0.2) is 19.7 Å². The minimum Gasteiger partial charge on any atom is -0.492 e. The van der Waals surface area contributed by atoms with Gasteiger partial charge in [-0.3, -0.25) is 0 Å². The Morgan fingerprint density at radius 1 is 1.15 bits per heavy atom. The average molecular weight is 298 g/mol. The van der Waals surface area contributed by atoms with Gasteiger partial charge in [0.15, 0.2) is 0 Å². The molecule has 0 heterocycles. The van der Waals surface area contributed by atoms with Crippen LogP contribution in [0.2, 0.25) is 5.02 Å². The van der Waals surface area contributed by atoms with Gasteiger partial charge in [-0.1, -0.05) is 39.3 Å². The largest absolute Gasteiger partial charge is 0.492 e. The Hall–Kier alpha value is -0.730. The zero-order chi connectivity index (χ0) is 15.1. The Bertz CT molecular complexity index is 416. The molecule has 1 aromatic rings. The molecule has 0 aromatic heterocycles. The van der Waals surface area contributed by atoms with Gasteiger partial charge >= 0.3 is 0 Å². The molecule has 0 aliphatic heterocycles. The molecule has 0 saturated carbocycles. The van der Waals surface area contributed by atoms with Crippen molar-refractivity contribution in [2.24, 2.45) is 5.92 Å². The monoisotopic (exact) mass is 297 g/mol. The summed E-state index contributed by atoms with van der Waals surface area (Å²) in [5, 5.41) is 4.23. The highest BCUT2D eigenvalue weighted by Gasteiger charge is 2.10. The van der Waals surface area contributed by atoms with Crippen LogP contribution < -0.4 is 10.1 Å². The highest BCUT2D eigenvalue weighted by molar-refractivity contribution is 6.31. The van der Waals surface area contributed by atoms with Gasteiger partial charge in [0.25, 0.3) is 0 Å². The second kappa shape index (κ2) is 8.53. The Morgan fingerprint density at radius 3 is 2.45 bits per heavy atom. The molecule has 114 valence electrons. The minimum absolute atomic E-state index is 0.414. The topological polar surface area (TPSA) is 21.3 Å². The van der Waals surface area contributed by atoms with Crippen LogP contribution in [0.4, 0.5) is 0 Å². The molecule has 0 saturated heterocycles. The zero-order valence-electron chi connectivity index (χ0n) is 13.4. The standard InChI is InChI=1S/C17H28ClNO/c1-12(2)6-7-19-8-9-20-17-10-14(5)16(18)11-15(17)13(3)4/h10-13,19H,6-9H2,1-5H3. The maximum absolute atomic E-state index is 6.19. The smallest absolute Gasteiger partial charge is 0.123 e. The summed E-state index contributed by atoms with van der Waals surface area (Å²) in [7, 11) is 0. The van der Waals surface area contributed by atoms with Crippen molar-refractivity contribution in [3.05, 3.63) is 28.3 Å². The van der Waals surface area contributed by atoms with Crippen LogP contribution in [-0.2, 0) is 0 Å². The highest BCUT2D eigenvalue weighted by atomic mass is 35.5. The zero-order valence-corrected chi connectivity index (χ0v) is 14.2.